The molecule has 0 saturated heterocycles. The molecule has 2 saturated carbocycles. The molecule has 8 heteroatoms. The van der Waals surface area contributed by atoms with E-state index in [1.807, 2.05) is 6.92 Å². The third kappa shape index (κ3) is 4.22. The molecule has 2 fully saturated rings. The first-order valence-electron chi connectivity index (χ1n) is 12.3. The maximum Gasteiger partial charge on any atom is 0.338 e. The van der Waals surface area contributed by atoms with Crippen LogP contribution in [0.25, 0.3) is 0 Å². The van der Waals surface area contributed by atoms with E-state index in [2.05, 4.69) is 22.9 Å². The first-order valence-corrected chi connectivity index (χ1v) is 13.1. The van der Waals surface area contributed by atoms with Gasteiger partial charge in [0.1, 0.15) is 12.2 Å². The third-order valence-electron chi connectivity index (χ3n) is 8.59. The minimum Gasteiger partial charge on any atom is -0.459 e. The molecule has 4 rings (SSSR count). The number of rotatable bonds is 5. The van der Waals surface area contributed by atoms with Gasteiger partial charge in [0.2, 0.25) is 5.79 Å². The maximum absolute atomic E-state index is 13.4. The van der Waals surface area contributed by atoms with Crippen molar-refractivity contribution in [3.05, 3.63) is 57.1 Å². The average molecular weight is 561 g/mol. The van der Waals surface area contributed by atoms with Gasteiger partial charge in [-0.25, -0.2) is 14.4 Å². The number of hydrogen-bond donors (Lipinski definition) is 0. The smallest absolute Gasteiger partial charge is 0.338 e. The summed E-state index contributed by atoms with van der Waals surface area (Å²) in [6, 6.07) is 6.92. The number of hydrogen-bond acceptors (Lipinski definition) is 7. The van der Waals surface area contributed by atoms with Gasteiger partial charge in [0.05, 0.1) is 11.1 Å². The van der Waals surface area contributed by atoms with Gasteiger partial charge in [-0.05, 0) is 63.8 Å². The van der Waals surface area contributed by atoms with Crippen molar-refractivity contribution < 1.29 is 33.3 Å². The topological polar surface area (TPSA) is 88.1 Å². The van der Waals surface area contributed by atoms with E-state index in [1.54, 1.807) is 51.1 Å². The summed E-state index contributed by atoms with van der Waals surface area (Å²) in [6.45, 7) is 9.30. The summed E-state index contributed by atoms with van der Waals surface area (Å²) in [5.74, 6) is -2.78. The summed E-state index contributed by atoms with van der Waals surface area (Å²) < 4.78 is 24.7. The molecule has 1 aromatic carbocycles. The molecule has 194 valence electrons. The monoisotopic (exact) mass is 560 g/mol. The van der Waals surface area contributed by atoms with Gasteiger partial charge in [0, 0.05) is 40.5 Å². The second kappa shape index (κ2) is 9.78. The second-order valence-corrected chi connectivity index (χ2v) is 11.1. The van der Waals surface area contributed by atoms with Crippen molar-refractivity contribution in [2.75, 3.05) is 7.11 Å². The number of carbonyl (C=O) groups excluding carboxylic acids is 3. The molecule has 7 nitrogen and oxygen atoms in total. The molecule has 0 N–H and O–H groups in total. The highest BCUT2D eigenvalue weighted by Crippen LogP contribution is 2.61. The van der Waals surface area contributed by atoms with Gasteiger partial charge in [0.25, 0.3) is 0 Å². The Labute approximate surface area is 220 Å². The summed E-state index contributed by atoms with van der Waals surface area (Å²) in [7, 11) is 1.51. The maximum atomic E-state index is 13.4. The molecule has 3 aliphatic rings. The van der Waals surface area contributed by atoms with Crippen LogP contribution < -0.4 is 0 Å². The minimum atomic E-state index is -1.28. The molecule has 1 aromatic rings. The lowest BCUT2D eigenvalue weighted by Crippen LogP contribution is -2.62. The van der Waals surface area contributed by atoms with E-state index in [0.29, 0.717) is 41.5 Å². The Morgan fingerprint density at radius 1 is 1.17 bits per heavy atom. The summed E-state index contributed by atoms with van der Waals surface area (Å²) in [5.41, 5.74) is 1.24. The normalized spacial score (nSPS) is 34.0. The predicted molar refractivity (Wildman–Crippen MR) is 136 cm³/mol. The Balaban J connectivity index is 1.77. The highest BCUT2D eigenvalue weighted by Gasteiger charge is 2.66. The van der Waals surface area contributed by atoms with Crippen molar-refractivity contribution in [2.24, 2.45) is 17.3 Å². The zero-order valence-electron chi connectivity index (χ0n) is 21.6. The van der Waals surface area contributed by atoms with Crippen LogP contribution in [0, 0.1) is 17.3 Å². The van der Waals surface area contributed by atoms with Crippen LogP contribution in [0.4, 0.5) is 0 Å². The van der Waals surface area contributed by atoms with Crippen LogP contribution in [0.2, 0.25) is 0 Å². The van der Waals surface area contributed by atoms with Crippen molar-refractivity contribution in [3.63, 3.8) is 0 Å². The lowest BCUT2D eigenvalue weighted by Gasteiger charge is -2.58. The molecule has 0 spiro atoms. The second-order valence-electron chi connectivity index (χ2n) is 10.2. The van der Waals surface area contributed by atoms with Crippen molar-refractivity contribution >= 4 is 33.8 Å². The van der Waals surface area contributed by atoms with Crippen LogP contribution in [0.1, 0.15) is 64.2 Å². The Hall–Kier alpha value is -2.45. The number of carbonyl (C=O) groups is 3. The van der Waals surface area contributed by atoms with Crippen molar-refractivity contribution in [1.29, 1.82) is 0 Å². The number of benzene rings is 1. The van der Waals surface area contributed by atoms with Crippen molar-refractivity contribution in [3.8, 4) is 0 Å². The summed E-state index contributed by atoms with van der Waals surface area (Å²) in [6.07, 6.45) is 2.36. The van der Waals surface area contributed by atoms with E-state index in [-0.39, 0.29) is 23.9 Å². The van der Waals surface area contributed by atoms with E-state index in [0.717, 1.165) is 4.47 Å². The molecule has 0 radical (unpaired) electrons. The molecule has 0 unspecified atom stereocenters. The van der Waals surface area contributed by atoms with Crippen molar-refractivity contribution in [2.45, 2.75) is 71.9 Å². The molecule has 1 heterocycles. The van der Waals surface area contributed by atoms with E-state index in [9.17, 15) is 14.4 Å². The van der Waals surface area contributed by atoms with Gasteiger partial charge in [-0.15, -0.1) is 0 Å². The van der Waals surface area contributed by atoms with Crippen LogP contribution in [-0.4, -0.2) is 43.0 Å². The number of methoxy groups -OCH3 is 1. The van der Waals surface area contributed by atoms with Gasteiger partial charge in [-0.2, -0.15) is 0 Å². The molecule has 1 aliphatic heterocycles. The standard InChI is InChI=1S/C28H33BrO7/c1-7-15(2)24(30)34-21-13-10-19-14-28(33-6)22(16(3)25(31)36-28)23(27(19,5)17(21)4)35-26(32)18-8-11-20(29)12-9-18/h7-9,11-12,17,19,21,23H,10,13-14H2,1-6H3/b15-7-/t17-,19+,21-,23+,27+,28+/m0/s1. The lowest BCUT2D eigenvalue weighted by molar-refractivity contribution is -0.240. The van der Waals surface area contributed by atoms with Gasteiger partial charge in [-0.3, -0.25) is 0 Å². The van der Waals surface area contributed by atoms with Gasteiger partial charge < -0.3 is 18.9 Å². The summed E-state index contributed by atoms with van der Waals surface area (Å²) in [4.78, 5) is 38.8. The molecule has 0 bridgehead atoms. The SMILES string of the molecule is C/C=C(/C)C(=O)O[C@H]1CC[C@@H]2C[C@@]3(OC)OC(=O)C(C)=C3[C@@H](OC(=O)c3ccc(Br)cc3)[C@]2(C)[C@H]1C. The predicted octanol–water partition coefficient (Wildman–Crippen LogP) is 5.52. The van der Waals surface area contributed by atoms with E-state index in [4.69, 9.17) is 18.9 Å². The Bertz CT molecular complexity index is 1140. The molecule has 2 aliphatic carbocycles. The van der Waals surface area contributed by atoms with Crippen LogP contribution >= 0.6 is 15.9 Å². The Kier molecular flexibility index (Phi) is 7.23. The number of allylic oxidation sites excluding steroid dienone is 1. The molecular formula is C28H33BrO7. The van der Waals surface area contributed by atoms with Crippen LogP contribution in [-0.2, 0) is 28.5 Å². The fourth-order valence-corrected chi connectivity index (χ4v) is 6.29. The summed E-state index contributed by atoms with van der Waals surface area (Å²) >= 11 is 3.39. The van der Waals surface area contributed by atoms with Crippen LogP contribution in [0.3, 0.4) is 0 Å². The molecule has 0 amide bonds. The molecule has 36 heavy (non-hydrogen) atoms. The lowest BCUT2D eigenvalue weighted by atomic mass is 9.51. The van der Waals surface area contributed by atoms with E-state index >= 15 is 0 Å². The first kappa shape index (κ1) is 26.6. The number of halogens is 1. The number of ether oxygens (including phenoxy) is 4. The number of esters is 3. The highest BCUT2D eigenvalue weighted by molar-refractivity contribution is 9.10. The van der Waals surface area contributed by atoms with Gasteiger partial charge >= 0.3 is 17.9 Å². The molecular weight excluding hydrogens is 528 g/mol. The largest absolute Gasteiger partial charge is 0.459 e. The van der Waals surface area contributed by atoms with Gasteiger partial charge in [-0.1, -0.05) is 35.9 Å². The van der Waals surface area contributed by atoms with Gasteiger partial charge in [0.15, 0.2) is 0 Å². The van der Waals surface area contributed by atoms with E-state index in [1.165, 1.54) is 7.11 Å². The number of fused-ring (bicyclic) bond motifs is 2. The minimum absolute atomic E-state index is 0.00427. The fourth-order valence-electron chi connectivity index (χ4n) is 6.03. The van der Waals surface area contributed by atoms with E-state index < -0.39 is 29.2 Å². The Morgan fingerprint density at radius 2 is 1.83 bits per heavy atom. The zero-order valence-corrected chi connectivity index (χ0v) is 23.1. The third-order valence-corrected chi connectivity index (χ3v) is 9.12. The summed E-state index contributed by atoms with van der Waals surface area (Å²) in [5, 5.41) is 0. The van der Waals surface area contributed by atoms with Crippen LogP contribution in [0.5, 0.6) is 0 Å². The Morgan fingerprint density at radius 3 is 2.44 bits per heavy atom. The molecule has 6 atom stereocenters. The zero-order chi connectivity index (χ0) is 26.4. The molecule has 0 aromatic heterocycles. The van der Waals surface area contributed by atoms with Crippen molar-refractivity contribution in [1.82, 2.24) is 0 Å². The average Bonchev–Trinajstić information content (AvgIpc) is 3.11. The quantitative estimate of drug-likeness (QED) is 0.266. The fraction of sp³-hybridized carbons (Fsp3) is 0.536. The first-order chi connectivity index (χ1) is 17.0. The van der Waals surface area contributed by atoms with Crippen LogP contribution in [0.15, 0.2) is 51.5 Å². The highest BCUT2D eigenvalue weighted by atomic mass is 79.9.